The number of nitrogens with zero attached hydrogens (tertiary/aromatic N) is 3. The second kappa shape index (κ2) is 7.36. The first kappa shape index (κ1) is 16.3. The average Bonchev–Trinajstić information content (AvgIpc) is 3.03. The Balaban J connectivity index is 1.44. The molecule has 0 amide bonds. The second-order valence-electron chi connectivity index (χ2n) is 7.73. The summed E-state index contributed by atoms with van der Waals surface area (Å²) in [7, 11) is 0. The van der Waals surface area contributed by atoms with Crippen LogP contribution in [0.3, 0.4) is 0 Å². The summed E-state index contributed by atoms with van der Waals surface area (Å²) in [5, 5.41) is 4.66. The maximum absolute atomic E-state index is 12.4. The maximum Gasteiger partial charge on any atom is 0.267 e. The lowest BCUT2D eigenvalue weighted by molar-refractivity contribution is 0.107. The number of hydrogen-bond donors (Lipinski definition) is 0. The van der Waals surface area contributed by atoms with Crippen molar-refractivity contribution >= 4 is 0 Å². The Morgan fingerprint density at radius 2 is 2.00 bits per heavy atom. The van der Waals surface area contributed by atoms with E-state index in [2.05, 4.69) is 10.00 Å². The minimum Gasteiger partial charge on any atom is -0.376 e. The van der Waals surface area contributed by atoms with Crippen molar-refractivity contribution in [2.75, 3.05) is 19.7 Å². The molecule has 1 aromatic rings. The van der Waals surface area contributed by atoms with Gasteiger partial charge in [0.1, 0.15) is 0 Å². The second-order valence-corrected chi connectivity index (χ2v) is 7.73. The largest absolute Gasteiger partial charge is 0.376 e. The van der Waals surface area contributed by atoms with Crippen LogP contribution in [0.5, 0.6) is 0 Å². The molecule has 1 aliphatic carbocycles. The van der Waals surface area contributed by atoms with Crippen molar-refractivity contribution in [3.05, 3.63) is 27.7 Å². The van der Waals surface area contributed by atoms with Gasteiger partial charge in [0.05, 0.1) is 25.5 Å². The Kier molecular flexibility index (Phi) is 4.99. The number of ether oxygens (including phenoxy) is 1. The highest BCUT2D eigenvalue weighted by Gasteiger charge is 2.28. The van der Waals surface area contributed by atoms with Crippen molar-refractivity contribution in [1.82, 2.24) is 14.7 Å². The van der Waals surface area contributed by atoms with Gasteiger partial charge in [-0.25, -0.2) is 4.68 Å². The molecule has 1 saturated heterocycles. The summed E-state index contributed by atoms with van der Waals surface area (Å²) in [6.45, 7) is 4.41. The standard InChI is InChI=1S/C19H29N3O2/c23-19-11-16-14-24-10-8-18(16)20-22(19)13-17-7-4-9-21(17)12-15-5-2-1-3-6-15/h11,15,17H,1-10,12-14H2. The van der Waals surface area contributed by atoms with Crippen LogP contribution in [0.1, 0.15) is 56.2 Å². The molecular formula is C19H29N3O2. The lowest BCUT2D eigenvalue weighted by Gasteiger charge is -2.31. The number of rotatable bonds is 4. The molecule has 0 radical (unpaired) electrons. The third-order valence-electron chi connectivity index (χ3n) is 6.01. The van der Waals surface area contributed by atoms with Gasteiger partial charge >= 0.3 is 0 Å². The van der Waals surface area contributed by atoms with E-state index in [0.29, 0.717) is 12.6 Å². The van der Waals surface area contributed by atoms with Crippen LogP contribution >= 0.6 is 0 Å². The summed E-state index contributed by atoms with van der Waals surface area (Å²) < 4.78 is 7.15. The van der Waals surface area contributed by atoms with Gasteiger partial charge in [-0.05, 0) is 38.1 Å². The van der Waals surface area contributed by atoms with E-state index >= 15 is 0 Å². The smallest absolute Gasteiger partial charge is 0.267 e. The predicted octanol–water partition coefficient (Wildman–Crippen LogP) is 2.36. The molecule has 24 heavy (non-hydrogen) atoms. The highest BCUT2D eigenvalue weighted by Crippen LogP contribution is 2.28. The summed E-state index contributed by atoms with van der Waals surface area (Å²) in [5.41, 5.74) is 2.06. The molecule has 5 heteroatoms. The van der Waals surface area contributed by atoms with Crippen molar-refractivity contribution in [2.45, 2.75) is 70.6 Å². The minimum atomic E-state index is 0.0313. The van der Waals surface area contributed by atoms with E-state index in [4.69, 9.17) is 4.74 Å². The van der Waals surface area contributed by atoms with E-state index in [9.17, 15) is 4.79 Å². The van der Waals surface area contributed by atoms with Gasteiger partial charge in [-0.15, -0.1) is 0 Å². The number of hydrogen-bond acceptors (Lipinski definition) is 4. The first-order valence-electron chi connectivity index (χ1n) is 9.71. The molecule has 2 fully saturated rings. The van der Waals surface area contributed by atoms with E-state index in [-0.39, 0.29) is 5.56 Å². The van der Waals surface area contributed by atoms with Crippen LogP contribution in [-0.4, -0.2) is 40.4 Å². The molecule has 132 valence electrons. The van der Waals surface area contributed by atoms with Gasteiger partial charge < -0.3 is 4.74 Å². The van der Waals surface area contributed by atoms with E-state index in [1.807, 2.05) is 0 Å². The lowest BCUT2D eigenvalue weighted by atomic mass is 9.89. The fraction of sp³-hybridized carbons (Fsp3) is 0.789. The van der Waals surface area contributed by atoms with Gasteiger partial charge in [0, 0.05) is 30.6 Å². The molecule has 0 aromatic carbocycles. The molecule has 5 nitrogen and oxygen atoms in total. The summed E-state index contributed by atoms with van der Waals surface area (Å²) >= 11 is 0. The summed E-state index contributed by atoms with van der Waals surface area (Å²) in [6, 6.07) is 2.22. The van der Waals surface area contributed by atoms with Crippen molar-refractivity contribution in [1.29, 1.82) is 0 Å². The zero-order valence-electron chi connectivity index (χ0n) is 14.6. The van der Waals surface area contributed by atoms with Gasteiger partial charge in [0.2, 0.25) is 0 Å². The number of likely N-dealkylation sites (tertiary alicyclic amines) is 1. The quantitative estimate of drug-likeness (QED) is 0.850. The molecule has 1 aromatic heterocycles. The third-order valence-corrected chi connectivity index (χ3v) is 6.01. The van der Waals surface area contributed by atoms with Crippen molar-refractivity contribution in [3.63, 3.8) is 0 Å². The normalized spacial score (nSPS) is 25.8. The molecule has 3 aliphatic rings. The Bertz CT molecular complexity index is 622. The highest BCUT2D eigenvalue weighted by molar-refractivity contribution is 5.18. The Labute approximate surface area is 144 Å². The third kappa shape index (κ3) is 3.57. The van der Waals surface area contributed by atoms with Crippen LogP contribution in [-0.2, 0) is 24.3 Å². The molecule has 4 rings (SSSR count). The average molecular weight is 331 g/mol. The maximum atomic E-state index is 12.4. The van der Waals surface area contributed by atoms with Gasteiger partial charge in [-0.2, -0.15) is 5.10 Å². The highest BCUT2D eigenvalue weighted by atomic mass is 16.5. The molecule has 1 unspecified atom stereocenters. The van der Waals surface area contributed by atoms with Crippen LogP contribution in [0.25, 0.3) is 0 Å². The van der Waals surface area contributed by atoms with Crippen LogP contribution in [0.15, 0.2) is 10.9 Å². The molecule has 1 saturated carbocycles. The fourth-order valence-corrected chi connectivity index (χ4v) is 4.63. The lowest BCUT2D eigenvalue weighted by Crippen LogP contribution is -2.40. The SMILES string of the molecule is O=c1cc2c(nn1CC1CCCN1CC1CCCCC1)CCOC2. The fourth-order valence-electron chi connectivity index (χ4n) is 4.63. The minimum absolute atomic E-state index is 0.0313. The molecule has 3 heterocycles. The van der Waals surface area contributed by atoms with E-state index in [1.165, 1.54) is 58.0 Å². The first-order valence-corrected chi connectivity index (χ1v) is 9.71. The molecular weight excluding hydrogens is 302 g/mol. The van der Waals surface area contributed by atoms with E-state index in [1.54, 1.807) is 10.7 Å². The molecule has 0 spiro atoms. The van der Waals surface area contributed by atoms with Crippen LogP contribution in [0.2, 0.25) is 0 Å². The number of aromatic nitrogens is 2. The van der Waals surface area contributed by atoms with Crippen LogP contribution in [0, 0.1) is 5.92 Å². The van der Waals surface area contributed by atoms with Crippen molar-refractivity contribution in [3.8, 4) is 0 Å². The monoisotopic (exact) mass is 331 g/mol. The Hall–Kier alpha value is -1.20. The summed E-state index contributed by atoms with van der Waals surface area (Å²) in [5.74, 6) is 0.865. The summed E-state index contributed by atoms with van der Waals surface area (Å²) in [4.78, 5) is 15.0. The van der Waals surface area contributed by atoms with Crippen LogP contribution < -0.4 is 5.56 Å². The van der Waals surface area contributed by atoms with E-state index in [0.717, 1.165) is 36.7 Å². The van der Waals surface area contributed by atoms with Crippen LogP contribution in [0.4, 0.5) is 0 Å². The zero-order valence-corrected chi connectivity index (χ0v) is 14.6. The number of fused-ring (bicyclic) bond motifs is 1. The first-order chi connectivity index (χ1) is 11.8. The van der Waals surface area contributed by atoms with Crippen molar-refractivity contribution in [2.24, 2.45) is 5.92 Å². The Morgan fingerprint density at radius 3 is 2.88 bits per heavy atom. The molecule has 0 N–H and O–H groups in total. The van der Waals surface area contributed by atoms with Crippen molar-refractivity contribution < 1.29 is 4.74 Å². The molecule has 0 bridgehead atoms. The predicted molar refractivity (Wildman–Crippen MR) is 93.0 cm³/mol. The zero-order chi connectivity index (χ0) is 16.4. The van der Waals surface area contributed by atoms with Gasteiger partial charge in [-0.1, -0.05) is 19.3 Å². The topological polar surface area (TPSA) is 47.4 Å². The molecule has 1 atom stereocenters. The Morgan fingerprint density at radius 1 is 1.12 bits per heavy atom. The molecule has 2 aliphatic heterocycles. The summed E-state index contributed by atoms with van der Waals surface area (Å²) in [6.07, 6.45) is 10.3. The van der Waals surface area contributed by atoms with Gasteiger partial charge in [-0.3, -0.25) is 9.69 Å². The van der Waals surface area contributed by atoms with Gasteiger partial charge in [0.25, 0.3) is 5.56 Å². The van der Waals surface area contributed by atoms with Gasteiger partial charge in [0.15, 0.2) is 0 Å². The van der Waals surface area contributed by atoms with E-state index < -0.39 is 0 Å².